The Morgan fingerprint density at radius 1 is 0.867 bits per heavy atom. The van der Waals surface area contributed by atoms with Crippen LogP contribution in [0.25, 0.3) is 43.9 Å². The van der Waals surface area contributed by atoms with E-state index >= 15 is 0 Å². The van der Waals surface area contributed by atoms with Crippen molar-refractivity contribution in [3.63, 3.8) is 0 Å². The molecule has 3 heterocycles. The zero-order valence-corrected chi connectivity index (χ0v) is 17.8. The van der Waals surface area contributed by atoms with Crippen molar-refractivity contribution in [2.24, 2.45) is 0 Å². The number of rotatable bonds is 3. The Morgan fingerprint density at radius 2 is 1.63 bits per heavy atom. The molecule has 0 aliphatic carbocycles. The fraction of sp³-hybridized carbons (Fsp3) is 0.0400. The molecule has 5 aromatic rings. The molecule has 0 unspecified atom stereocenters. The number of benzene rings is 2. The van der Waals surface area contributed by atoms with Crippen molar-refractivity contribution >= 4 is 39.7 Å². The van der Waals surface area contributed by atoms with Gasteiger partial charge >= 0.3 is 0 Å². The van der Waals surface area contributed by atoms with Gasteiger partial charge in [-0.15, -0.1) is 11.3 Å². The quantitative estimate of drug-likeness (QED) is 0.330. The lowest BCUT2D eigenvalue weighted by Gasteiger charge is -2.16. The van der Waals surface area contributed by atoms with Crippen LogP contribution >= 0.6 is 22.9 Å². The van der Waals surface area contributed by atoms with Crippen LogP contribution < -0.4 is 5.73 Å². The number of halogens is 1. The Balaban J connectivity index is 1.87. The molecule has 2 aromatic carbocycles. The standard InChI is InChI=1S/C25H18ClN3S/c1-15-22(17-6-3-2-4-7-17)24(27)23-19(16-9-11-18(26)12-10-16)14-20(29-25(23)28-15)21-8-5-13-30-21/h2-14H,1H3,(H2,27,28,29). The van der Waals surface area contributed by atoms with Crippen molar-refractivity contribution in [3.05, 3.63) is 88.9 Å². The van der Waals surface area contributed by atoms with E-state index in [1.165, 1.54) is 0 Å². The van der Waals surface area contributed by atoms with Crippen molar-refractivity contribution < 1.29 is 0 Å². The number of nitrogens with two attached hydrogens (primary N) is 1. The van der Waals surface area contributed by atoms with Gasteiger partial charge in [0.25, 0.3) is 0 Å². The van der Waals surface area contributed by atoms with E-state index in [2.05, 4.69) is 29.6 Å². The molecule has 30 heavy (non-hydrogen) atoms. The minimum atomic E-state index is 0.653. The Morgan fingerprint density at radius 3 is 2.33 bits per heavy atom. The highest BCUT2D eigenvalue weighted by Crippen LogP contribution is 2.40. The number of hydrogen-bond donors (Lipinski definition) is 1. The number of fused-ring (bicyclic) bond motifs is 1. The number of aromatic nitrogens is 2. The molecule has 0 aliphatic rings. The summed E-state index contributed by atoms with van der Waals surface area (Å²) in [5.41, 5.74) is 13.9. The van der Waals surface area contributed by atoms with Gasteiger partial charge in [0.15, 0.2) is 5.65 Å². The maximum atomic E-state index is 6.79. The maximum Gasteiger partial charge on any atom is 0.162 e. The molecule has 2 N–H and O–H groups in total. The summed E-state index contributed by atoms with van der Waals surface area (Å²) in [5.74, 6) is 0. The monoisotopic (exact) mass is 427 g/mol. The van der Waals surface area contributed by atoms with Crippen molar-refractivity contribution in [1.29, 1.82) is 0 Å². The molecule has 146 valence electrons. The molecule has 0 saturated heterocycles. The summed E-state index contributed by atoms with van der Waals surface area (Å²) in [5, 5.41) is 3.61. The highest BCUT2D eigenvalue weighted by atomic mass is 35.5. The predicted molar refractivity (Wildman–Crippen MR) is 128 cm³/mol. The van der Waals surface area contributed by atoms with Gasteiger partial charge in [-0.3, -0.25) is 0 Å². The van der Waals surface area contributed by atoms with E-state index in [-0.39, 0.29) is 0 Å². The molecule has 0 aliphatic heterocycles. The number of nitrogen functional groups attached to an aromatic ring is 1. The molecule has 0 spiro atoms. The van der Waals surface area contributed by atoms with Crippen LogP contribution in [0.15, 0.2) is 78.2 Å². The summed E-state index contributed by atoms with van der Waals surface area (Å²) < 4.78 is 0. The molecule has 0 bridgehead atoms. The SMILES string of the molecule is Cc1nc2nc(-c3cccs3)cc(-c3ccc(Cl)cc3)c2c(N)c1-c1ccccc1. The Labute approximate surface area is 183 Å². The minimum absolute atomic E-state index is 0.653. The van der Waals surface area contributed by atoms with Gasteiger partial charge in [0.2, 0.25) is 0 Å². The van der Waals surface area contributed by atoms with Crippen LogP contribution in [0.4, 0.5) is 5.69 Å². The van der Waals surface area contributed by atoms with Crippen LogP contribution in [-0.2, 0) is 0 Å². The average molecular weight is 428 g/mol. The predicted octanol–water partition coefficient (Wildman–Crippen LogP) is 7.24. The summed E-state index contributed by atoms with van der Waals surface area (Å²) in [6.07, 6.45) is 0. The first-order valence-corrected chi connectivity index (χ1v) is 10.8. The van der Waals surface area contributed by atoms with Gasteiger partial charge in [0, 0.05) is 16.3 Å². The van der Waals surface area contributed by atoms with Gasteiger partial charge in [-0.1, -0.05) is 60.1 Å². The Bertz CT molecular complexity index is 1350. The first kappa shape index (κ1) is 18.8. The molecule has 0 radical (unpaired) electrons. The van der Waals surface area contributed by atoms with Gasteiger partial charge in [0.1, 0.15) is 0 Å². The summed E-state index contributed by atoms with van der Waals surface area (Å²) in [6.45, 7) is 1.99. The lowest BCUT2D eigenvalue weighted by Crippen LogP contribution is -2.02. The van der Waals surface area contributed by atoms with E-state index < -0.39 is 0 Å². The second-order valence-corrected chi connectivity index (χ2v) is 8.47. The first-order chi connectivity index (χ1) is 14.6. The molecule has 5 rings (SSSR count). The topological polar surface area (TPSA) is 51.8 Å². The largest absolute Gasteiger partial charge is 0.398 e. The number of nitrogens with zero attached hydrogens (tertiary/aromatic N) is 2. The smallest absolute Gasteiger partial charge is 0.162 e. The van der Waals surface area contributed by atoms with E-state index in [1.807, 2.05) is 55.5 Å². The highest BCUT2D eigenvalue weighted by molar-refractivity contribution is 7.13. The molecular formula is C25H18ClN3S. The summed E-state index contributed by atoms with van der Waals surface area (Å²) in [7, 11) is 0. The summed E-state index contributed by atoms with van der Waals surface area (Å²) in [4.78, 5) is 10.8. The van der Waals surface area contributed by atoms with Crippen molar-refractivity contribution in [1.82, 2.24) is 9.97 Å². The number of hydrogen-bond acceptors (Lipinski definition) is 4. The number of thiophene rings is 1. The first-order valence-electron chi connectivity index (χ1n) is 9.58. The van der Waals surface area contributed by atoms with Crippen LogP contribution in [0.2, 0.25) is 5.02 Å². The second kappa shape index (κ2) is 7.56. The molecule has 3 nitrogen and oxygen atoms in total. The van der Waals surface area contributed by atoms with Gasteiger partial charge in [-0.25, -0.2) is 9.97 Å². The van der Waals surface area contributed by atoms with Crippen molar-refractivity contribution in [2.45, 2.75) is 6.92 Å². The average Bonchev–Trinajstić information content (AvgIpc) is 3.29. The summed E-state index contributed by atoms with van der Waals surface area (Å²) >= 11 is 7.80. The second-order valence-electron chi connectivity index (χ2n) is 7.09. The molecule has 0 atom stereocenters. The molecule has 0 fully saturated rings. The van der Waals surface area contributed by atoms with Gasteiger partial charge in [-0.05, 0) is 53.3 Å². The fourth-order valence-electron chi connectivity index (χ4n) is 3.79. The minimum Gasteiger partial charge on any atom is -0.398 e. The zero-order valence-electron chi connectivity index (χ0n) is 16.3. The van der Waals surface area contributed by atoms with Crippen molar-refractivity contribution in [2.75, 3.05) is 5.73 Å². The van der Waals surface area contributed by atoms with Crippen molar-refractivity contribution in [3.8, 4) is 32.8 Å². The van der Waals surface area contributed by atoms with Gasteiger partial charge in [-0.2, -0.15) is 0 Å². The van der Waals surface area contributed by atoms with E-state index in [9.17, 15) is 0 Å². The normalized spacial score (nSPS) is 11.1. The number of pyridine rings is 2. The molecule has 3 aromatic heterocycles. The highest BCUT2D eigenvalue weighted by Gasteiger charge is 2.18. The molecular weight excluding hydrogens is 410 g/mol. The van der Waals surface area contributed by atoms with Crippen LogP contribution in [0.3, 0.4) is 0 Å². The summed E-state index contributed by atoms with van der Waals surface area (Å²) in [6, 6.07) is 24.1. The van der Waals surface area contributed by atoms with E-state index in [4.69, 9.17) is 27.3 Å². The van der Waals surface area contributed by atoms with E-state index in [0.717, 1.165) is 43.9 Å². The lowest BCUT2D eigenvalue weighted by atomic mass is 9.95. The number of aryl methyl sites for hydroxylation is 1. The Hall–Kier alpha value is -3.21. The third-order valence-corrected chi connectivity index (χ3v) is 6.31. The van der Waals surface area contributed by atoms with Crippen LogP contribution in [0.5, 0.6) is 0 Å². The third kappa shape index (κ3) is 3.24. The molecule has 0 amide bonds. The van der Waals surface area contributed by atoms with E-state index in [0.29, 0.717) is 16.4 Å². The van der Waals surface area contributed by atoms with Gasteiger partial charge < -0.3 is 5.73 Å². The number of anilines is 1. The van der Waals surface area contributed by atoms with Gasteiger partial charge in [0.05, 0.1) is 21.6 Å². The van der Waals surface area contributed by atoms with E-state index in [1.54, 1.807) is 11.3 Å². The van der Waals surface area contributed by atoms with Crippen LogP contribution in [-0.4, -0.2) is 9.97 Å². The molecule has 0 saturated carbocycles. The zero-order chi connectivity index (χ0) is 20.7. The maximum absolute atomic E-state index is 6.79. The van der Waals surface area contributed by atoms with Crippen LogP contribution in [0.1, 0.15) is 5.69 Å². The fourth-order valence-corrected chi connectivity index (χ4v) is 4.60. The molecule has 5 heteroatoms. The van der Waals surface area contributed by atoms with Crippen LogP contribution in [0, 0.1) is 6.92 Å². The Kier molecular flexibility index (Phi) is 4.74. The third-order valence-electron chi connectivity index (χ3n) is 5.17. The lowest BCUT2D eigenvalue weighted by molar-refractivity contribution is 1.21.